The van der Waals surface area contributed by atoms with E-state index in [0.29, 0.717) is 19.0 Å². The summed E-state index contributed by atoms with van der Waals surface area (Å²) in [4.78, 5) is 4.37. The number of hydrogen-bond donors (Lipinski definition) is 0. The molecule has 1 aromatic carbocycles. The van der Waals surface area contributed by atoms with E-state index >= 15 is 0 Å². The molecule has 0 spiro atoms. The highest BCUT2D eigenvalue weighted by Gasteiger charge is 2.36. The van der Waals surface area contributed by atoms with E-state index in [-0.39, 0.29) is 5.54 Å². The van der Waals surface area contributed by atoms with Crippen LogP contribution in [0.1, 0.15) is 26.3 Å². The Balaban J connectivity index is 2.02. The van der Waals surface area contributed by atoms with Crippen LogP contribution >= 0.6 is 0 Å². The zero-order valence-electron chi connectivity index (χ0n) is 10.9. The summed E-state index contributed by atoms with van der Waals surface area (Å²) in [7, 11) is 0. The number of aliphatic imine (C=N–C) groups is 1. The lowest BCUT2D eigenvalue weighted by Crippen LogP contribution is -2.39. The van der Waals surface area contributed by atoms with E-state index in [1.807, 2.05) is 51.1 Å². The lowest BCUT2D eigenvalue weighted by atomic mass is 10.1. The SMILES string of the molecule is CC(C)(C)N1CC(=NCc2ccccc2)O[S@@]1=O. The Morgan fingerprint density at radius 3 is 2.56 bits per heavy atom. The maximum Gasteiger partial charge on any atom is 0.293 e. The van der Waals surface area contributed by atoms with Gasteiger partial charge in [-0.15, -0.1) is 0 Å². The van der Waals surface area contributed by atoms with E-state index in [4.69, 9.17) is 4.18 Å². The third kappa shape index (κ3) is 3.17. The van der Waals surface area contributed by atoms with Crippen molar-refractivity contribution in [1.82, 2.24) is 4.31 Å². The van der Waals surface area contributed by atoms with Crippen molar-refractivity contribution < 1.29 is 8.39 Å². The minimum absolute atomic E-state index is 0.186. The molecule has 1 aliphatic rings. The van der Waals surface area contributed by atoms with Crippen LogP contribution in [0.3, 0.4) is 0 Å². The first-order valence-corrected chi connectivity index (χ1v) is 6.95. The van der Waals surface area contributed by atoms with E-state index in [9.17, 15) is 4.21 Å². The van der Waals surface area contributed by atoms with Gasteiger partial charge in [0.15, 0.2) is 0 Å². The minimum Gasteiger partial charge on any atom is -0.372 e. The van der Waals surface area contributed by atoms with E-state index < -0.39 is 11.3 Å². The average Bonchev–Trinajstić information content (AvgIpc) is 2.69. The van der Waals surface area contributed by atoms with Crippen LogP contribution in [0.4, 0.5) is 0 Å². The predicted octanol–water partition coefficient (Wildman–Crippen LogP) is 2.29. The van der Waals surface area contributed by atoms with Gasteiger partial charge in [0.25, 0.3) is 11.3 Å². The molecule has 18 heavy (non-hydrogen) atoms. The van der Waals surface area contributed by atoms with Crippen molar-refractivity contribution in [2.45, 2.75) is 32.9 Å². The van der Waals surface area contributed by atoms with Crippen LogP contribution in [0.15, 0.2) is 35.3 Å². The molecule has 0 radical (unpaired) electrons. The number of rotatable bonds is 2. The van der Waals surface area contributed by atoms with Gasteiger partial charge in [-0.3, -0.25) is 0 Å². The van der Waals surface area contributed by atoms with Crippen LogP contribution in [0, 0.1) is 0 Å². The molecule has 4 nitrogen and oxygen atoms in total. The van der Waals surface area contributed by atoms with Gasteiger partial charge in [-0.25, -0.2) is 4.99 Å². The normalized spacial score (nSPS) is 23.3. The summed E-state index contributed by atoms with van der Waals surface area (Å²) < 4.78 is 18.8. The molecule has 0 aliphatic carbocycles. The molecule has 1 atom stereocenters. The first kappa shape index (κ1) is 13.2. The molecule has 0 aromatic heterocycles. The summed E-state index contributed by atoms with van der Waals surface area (Å²) >= 11 is -1.42. The van der Waals surface area contributed by atoms with Gasteiger partial charge in [-0.2, -0.15) is 8.51 Å². The molecule has 0 N–H and O–H groups in total. The van der Waals surface area contributed by atoms with Crippen LogP contribution < -0.4 is 0 Å². The van der Waals surface area contributed by atoms with Crippen molar-refractivity contribution >= 4 is 17.2 Å². The lowest BCUT2D eigenvalue weighted by molar-refractivity contribution is 0.293. The topological polar surface area (TPSA) is 41.9 Å². The highest BCUT2D eigenvalue weighted by Crippen LogP contribution is 2.21. The Bertz CT molecular complexity index is 466. The van der Waals surface area contributed by atoms with Gasteiger partial charge in [-0.05, 0) is 26.3 Å². The molecule has 98 valence electrons. The summed E-state index contributed by atoms with van der Waals surface area (Å²) in [6.07, 6.45) is 0. The third-order valence-electron chi connectivity index (χ3n) is 2.66. The quantitative estimate of drug-likeness (QED) is 0.824. The van der Waals surface area contributed by atoms with Gasteiger partial charge < -0.3 is 4.18 Å². The van der Waals surface area contributed by atoms with Crippen molar-refractivity contribution in [2.75, 3.05) is 6.54 Å². The summed E-state index contributed by atoms with van der Waals surface area (Å²) in [5.74, 6) is 0.548. The summed E-state index contributed by atoms with van der Waals surface area (Å²) in [5.41, 5.74) is 0.933. The zero-order chi connectivity index (χ0) is 13.2. The molecule has 0 amide bonds. The first-order valence-electron chi connectivity index (χ1n) is 5.92. The molecule has 5 heteroatoms. The number of benzene rings is 1. The lowest BCUT2D eigenvalue weighted by Gasteiger charge is -2.26. The monoisotopic (exact) mass is 266 g/mol. The Hall–Kier alpha value is -1.20. The molecule has 1 aliphatic heterocycles. The van der Waals surface area contributed by atoms with Gasteiger partial charge in [0.2, 0.25) is 5.90 Å². The second kappa shape index (κ2) is 5.20. The highest BCUT2D eigenvalue weighted by atomic mass is 32.2. The minimum atomic E-state index is -1.42. The summed E-state index contributed by atoms with van der Waals surface area (Å²) in [6.45, 7) is 7.09. The van der Waals surface area contributed by atoms with Gasteiger partial charge in [-0.1, -0.05) is 30.3 Å². The molecule has 1 aromatic rings. The standard InChI is InChI=1S/C13H18N2O2S/c1-13(2,3)15-10-12(17-18(15)16)14-9-11-7-5-4-6-8-11/h4-8H,9-10H2,1-3H3/t18-/m0/s1. The maximum absolute atomic E-state index is 11.8. The number of hydrogen-bond acceptors (Lipinski definition) is 3. The zero-order valence-corrected chi connectivity index (χ0v) is 11.7. The van der Waals surface area contributed by atoms with Crippen molar-refractivity contribution in [1.29, 1.82) is 0 Å². The van der Waals surface area contributed by atoms with E-state index in [1.54, 1.807) is 4.31 Å². The molecule has 0 bridgehead atoms. The molecule has 1 heterocycles. The Morgan fingerprint density at radius 2 is 2.00 bits per heavy atom. The fraction of sp³-hybridized carbons (Fsp3) is 0.462. The molecular formula is C13H18N2O2S. The predicted molar refractivity (Wildman–Crippen MR) is 73.3 cm³/mol. The van der Waals surface area contributed by atoms with Gasteiger partial charge in [0.1, 0.15) is 0 Å². The second-order valence-corrected chi connectivity index (χ2v) is 6.25. The Kier molecular flexibility index (Phi) is 3.82. The van der Waals surface area contributed by atoms with Gasteiger partial charge in [0, 0.05) is 5.54 Å². The molecule has 2 rings (SSSR count). The smallest absolute Gasteiger partial charge is 0.293 e. The second-order valence-electron chi connectivity index (χ2n) is 5.20. The van der Waals surface area contributed by atoms with Crippen LogP contribution in [0.2, 0.25) is 0 Å². The Labute approximate surface area is 110 Å². The molecule has 0 unspecified atom stereocenters. The van der Waals surface area contributed by atoms with Gasteiger partial charge >= 0.3 is 0 Å². The highest BCUT2D eigenvalue weighted by molar-refractivity contribution is 7.78. The Morgan fingerprint density at radius 1 is 1.33 bits per heavy atom. The number of nitrogens with zero attached hydrogens (tertiary/aromatic N) is 2. The van der Waals surface area contributed by atoms with E-state index in [0.717, 1.165) is 5.56 Å². The average molecular weight is 266 g/mol. The first-order chi connectivity index (χ1) is 8.47. The van der Waals surface area contributed by atoms with Gasteiger partial charge in [0.05, 0.1) is 13.1 Å². The maximum atomic E-state index is 11.8. The largest absolute Gasteiger partial charge is 0.372 e. The molecule has 1 saturated heterocycles. The van der Waals surface area contributed by atoms with E-state index in [2.05, 4.69) is 4.99 Å². The van der Waals surface area contributed by atoms with Crippen molar-refractivity contribution in [3.8, 4) is 0 Å². The summed E-state index contributed by atoms with van der Waals surface area (Å²) in [6, 6.07) is 9.95. The van der Waals surface area contributed by atoms with Crippen LogP contribution in [0.25, 0.3) is 0 Å². The molecule has 0 saturated carbocycles. The fourth-order valence-electron chi connectivity index (χ4n) is 1.63. The van der Waals surface area contributed by atoms with E-state index in [1.165, 1.54) is 0 Å². The van der Waals surface area contributed by atoms with Crippen LogP contribution in [0.5, 0.6) is 0 Å². The fourth-order valence-corrected chi connectivity index (χ4v) is 2.65. The van der Waals surface area contributed by atoms with Crippen LogP contribution in [-0.2, 0) is 22.0 Å². The van der Waals surface area contributed by atoms with Crippen molar-refractivity contribution in [3.63, 3.8) is 0 Å². The molecular weight excluding hydrogens is 248 g/mol. The van der Waals surface area contributed by atoms with Crippen molar-refractivity contribution in [3.05, 3.63) is 35.9 Å². The van der Waals surface area contributed by atoms with Crippen molar-refractivity contribution in [2.24, 2.45) is 4.99 Å². The summed E-state index contributed by atoms with van der Waals surface area (Å²) in [5, 5.41) is 0. The van der Waals surface area contributed by atoms with Crippen LogP contribution in [-0.4, -0.2) is 26.5 Å². The molecule has 1 fully saturated rings. The third-order valence-corrected chi connectivity index (χ3v) is 4.03.